The average molecular weight is 311 g/mol. The summed E-state index contributed by atoms with van der Waals surface area (Å²) >= 11 is 0. The molecule has 122 valence electrons. The number of nitrogens with one attached hydrogen (secondary N) is 1. The van der Waals surface area contributed by atoms with Crippen LogP contribution in [0.25, 0.3) is 0 Å². The Morgan fingerprint density at radius 1 is 1.17 bits per heavy atom. The zero-order valence-corrected chi connectivity index (χ0v) is 14.0. The van der Waals surface area contributed by atoms with Gasteiger partial charge in [-0.1, -0.05) is 24.3 Å². The topological polar surface area (TPSA) is 58.4 Å². The third-order valence-electron chi connectivity index (χ3n) is 3.99. The van der Waals surface area contributed by atoms with E-state index in [1.54, 1.807) is 0 Å². The van der Waals surface area contributed by atoms with E-state index in [0.717, 1.165) is 22.6 Å². The van der Waals surface area contributed by atoms with Gasteiger partial charge in [0.2, 0.25) is 5.91 Å². The predicted molar refractivity (Wildman–Crippen MR) is 97.8 cm³/mol. The van der Waals surface area contributed by atoms with E-state index in [4.69, 9.17) is 5.73 Å². The summed E-state index contributed by atoms with van der Waals surface area (Å²) in [6.07, 6.45) is 1.06. The molecule has 4 nitrogen and oxygen atoms in total. The molecule has 0 atom stereocenters. The van der Waals surface area contributed by atoms with E-state index in [9.17, 15) is 4.79 Å². The molecular formula is C19H25N3O. The third kappa shape index (κ3) is 4.74. The number of rotatable bonds is 6. The molecule has 2 aromatic carbocycles. The van der Waals surface area contributed by atoms with Gasteiger partial charge in [0.15, 0.2) is 0 Å². The summed E-state index contributed by atoms with van der Waals surface area (Å²) in [6, 6.07) is 16.0. The largest absolute Gasteiger partial charge is 0.399 e. The van der Waals surface area contributed by atoms with E-state index < -0.39 is 0 Å². The number of para-hydroxylation sites is 1. The Hall–Kier alpha value is -2.49. The average Bonchev–Trinajstić information content (AvgIpc) is 2.53. The lowest BCUT2D eigenvalue weighted by atomic mass is 10.1. The highest BCUT2D eigenvalue weighted by molar-refractivity contribution is 5.91. The monoisotopic (exact) mass is 311 g/mol. The number of nitrogens with two attached hydrogens (primary N) is 1. The van der Waals surface area contributed by atoms with Gasteiger partial charge in [-0.05, 0) is 50.1 Å². The van der Waals surface area contributed by atoms with Crippen molar-refractivity contribution in [2.45, 2.75) is 32.7 Å². The Kier molecular flexibility index (Phi) is 5.63. The van der Waals surface area contributed by atoms with Crippen molar-refractivity contribution in [2.75, 3.05) is 23.0 Å². The van der Waals surface area contributed by atoms with Crippen LogP contribution in [0.15, 0.2) is 48.5 Å². The second-order valence-electron chi connectivity index (χ2n) is 6.00. The highest BCUT2D eigenvalue weighted by Crippen LogP contribution is 2.20. The molecule has 2 aromatic rings. The SMILES string of the molecule is CC(C)N(C)c1cccc(NC(=O)CCc2ccccc2N)c1. The highest BCUT2D eigenvalue weighted by atomic mass is 16.1. The lowest BCUT2D eigenvalue weighted by Crippen LogP contribution is -2.25. The molecule has 0 unspecified atom stereocenters. The molecule has 0 saturated heterocycles. The van der Waals surface area contributed by atoms with Gasteiger partial charge in [0.25, 0.3) is 0 Å². The van der Waals surface area contributed by atoms with Crippen LogP contribution in [-0.2, 0) is 11.2 Å². The van der Waals surface area contributed by atoms with Crippen molar-refractivity contribution in [2.24, 2.45) is 0 Å². The first-order valence-corrected chi connectivity index (χ1v) is 7.93. The number of carbonyl (C=O) groups excluding carboxylic acids is 1. The molecule has 0 aliphatic heterocycles. The molecule has 0 fully saturated rings. The van der Waals surface area contributed by atoms with Gasteiger partial charge in [-0.25, -0.2) is 0 Å². The van der Waals surface area contributed by atoms with E-state index in [-0.39, 0.29) is 5.91 Å². The number of nitrogens with zero attached hydrogens (tertiary/aromatic N) is 1. The number of amides is 1. The van der Waals surface area contributed by atoms with Crippen LogP contribution >= 0.6 is 0 Å². The fraction of sp³-hybridized carbons (Fsp3) is 0.316. The van der Waals surface area contributed by atoms with Gasteiger partial charge in [0.1, 0.15) is 0 Å². The van der Waals surface area contributed by atoms with Crippen LogP contribution in [-0.4, -0.2) is 19.0 Å². The van der Waals surface area contributed by atoms with Crippen LogP contribution in [0, 0.1) is 0 Å². The van der Waals surface area contributed by atoms with Crippen molar-refractivity contribution in [3.05, 3.63) is 54.1 Å². The van der Waals surface area contributed by atoms with E-state index in [2.05, 4.69) is 24.1 Å². The molecular weight excluding hydrogens is 286 g/mol. The molecule has 0 aliphatic rings. The van der Waals surface area contributed by atoms with Crippen LogP contribution in [0.4, 0.5) is 17.1 Å². The van der Waals surface area contributed by atoms with E-state index in [1.807, 2.05) is 55.6 Å². The summed E-state index contributed by atoms with van der Waals surface area (Å²) in [5.74, 6) is -0.00222. The molecule has 0 heterocycles. The Bertz CT molecular complexity index is 667. The second kappa shape index (κ2) is 7.68. The van der Waals surface area contributed by atoms with Crippen molar-refractivity contribution in [1.82, 2.24) is 0 Å². The molecule has 0 aliphatic carbocycles. The molecule has 0 aromatic heterocycles. The Balaban J connectivity index is 1.95. The number of nitrogen functional groups attached to an aromatic ring is 1. The standard InChI is InChI=1S/C19H25N3O/c1-14(2)22(3)17-9-6-8-16(13-17)21-19(23)12-11-15-7-4-5-10-18(15)20/h4-10,13-14H,11-12,20H2,1-3H3,(H,21,23). The van der Waals surface area contributed by atoms with Gasteiger partial charge in [-0.15, -0.1) is 0 Å². The van der Waals surface area contributed by atoms with Gasteiger partial charge in [0, 0.05) is 36.6 Å². The van der Waals surface area contributed by atoms with Crippen LogP contribution in [0.1, 0.15) is 25.8 Å². The number of anilines is 3. The van der Waals surface area contributed by atoms with Crippen molar-refractivity contribution >= 4 is 23.0 Å². The summed E-state index contributed by atoms with van der Waals surface area (Å²) in [5.41, 5.74) is 9.56. The highest BCUT2D eigenvalue weighted by Gasteiger charge is 2.08. The van der Waals surface area contributed by atoms with Gasteiger partial charge in [0.05, 0.1) is 0 Å². The Morgan fingerprint density at radius 2 is 1.91 bits per heavy atom. The fourth-order valence-corrected chi connectivity index (χ4v) is 2.33. The number of hydrogen-bond acceptors (Lipinski definition) is 3. The van der Waals surface area contributed by atoms with E-state index >= 15 is 0 Å². The number of benzene rings is 2. The van der Waals surface area contributed by atoms with Crippen molar-refractivity contribution < 1.29 is 4.79 Å². The lowest BCUT2D eigenvalue weighted by molar-refractivity contribution is -0.116. The molecule has 0 spiro atoms. The van der Waals surface area contributed by atoms with Gasteiger partial charge in [-0.3, -0.25) is 4.79 Å². The number of hydrogen-bond donors (Lipinski definition) is 2. The second-order valence-corrected chi connectivity index (χ2v) is 6.00. The predicted octanol–water partition coefficient (Wildman–Crippen LogP) is 3.68. The minimum atomic E-state index is -0.00222. The fourth-order valence-electron chi connectivity index (χ4n) is 2.33. The van der Waals surface area contributed by atoms with Gasteiger partial charge in [-0.2, -0.15) is 0 Å². The zero-order valence-electron chi connectivity index (χ0n) is 14.0. The maximum atomic E-state index is 12.1. The molecule has 1 amide bonds. The Morgan fingerprint density at radius 3 is 2.61 bits per heavy atom. The van der Waals surface area contributed by atoms with Gasteiger partial charge < -0.3 is 16.0 Å². The minimum Gasteiger partial charge on any atom is -0.399 e. The van der Waals surface area contributed by atoms with Crippen LogP contribution < -0.4 is 16.0 Å². The maximum absolute atomic E-state index is 12.1. The van der Waals surface area contributed by atoms with Crippen molar-refractivity contribution in [3.63, 3.8) is 0 Å². The van der Waals surface area contributed by atoms with Crippen LogP contribution in [0.2, 0.25) is 0 Å². The summed E-state index contributed by atoms with van der Waals surface area (Å²) in [5, 5.41) is 2.96. The lowest BCUT2D eigenvalue weighted by Gasteiger charge is -2.24. The van der Waals surface area contributed by atoms with Gasteiger partial charge >= 0.3 is 0 Å². The van der Waals surface area contributed by atoms with Crippen LogP contribution in [0.3, 0.4) is 0 Å². The maximum Gasteiger partial charge on any atom is 0.224 e. The smallest absolute Gasteiger partial charge is 0.224 e. The van der Waals surface area contributed by atoms with Crippen molar-refractivity contribution in [3.8, 4) is 0 Å². The number of aryl methyl sites for hydroxylation is 1. The number of carbonyl (C=O) groups is 1. The van der Waals surface area contributed by atoms with E-state index in [1.165, 1.54) is 0 Å². The summed E-state index contributed by atoms with van der Waals surface area (Å²) < 4.78 is 0. The molecule has 4 heteroatoms. The van der Waals surface area contributed by atoms with E-state index in [0.29, 0.717) is 18.9 Å². The molecule has 23 heavy (non-hydrogen) atoms. The summed E-state index contributed by atoms with van der Waals surface area (Å²) in [7, 11) is 2.05. The molecule has 0 saturated carbocycles. The third-order valence-corrected chi connectivity index (χ3v) is 3.99. The molecule has 0 radical (unpaired) electrons. The molecule has 0 bridgehead atoms. The zero-order chi connectivity index (χ0) is 16.8. The summed E-state index contributed by atoms with van der Waals surface area (Å²) in [6.45, 7) is 4.27. The summed E-state index contributed by atoms with van der Waals surface area (Å²) in [4.78, 5) is 14.3. The normalized spacial score (nSPS) is 10.6. The molecule has 3 N–H and O–H groups in total. The molecule has 2 rings (SSSR count). The first-order valence-electron chi connectivity index (χ1n) is 7.93. The quantitative estimate of drug-likeness (QED) is 0.800. The first-order chi connectivity index (χ1) is 11.0. The van der Waals surface area contributed by atoms with Crippen molar-refractivity contribution in [1.29, 1.82) is 0 Å². The van der Waals surface area contributed by atoms with Crippen LogP contribution in [0.5, 0.6) is 0 Å². The Labute approximate surface area is 138 Å². The minimum absolute atomic E-state index is 0.00222. The first kappa shape index (κ1) is 16.9.